The molecule has 0 spiro atoms. The van der Waals surface area contributed by atoms with Crippen LogP contribution >= 0.6 is 11.8 Å². The number of nitrogens with zero attached hydrogens (tertiary/aromatic N) is 2. The molecule has 4 aromatic rings. The van der Waals surface area contributed by atoms with Gasteiger partial charge in [0, 0.05) is 17.0 Å². The van der Waals surface area contributed by atoms with Crippen LogP contribution in [-0.2, 0) is 5.75 Å². The number of H-pyrrole nitrogens is 1. The topological polar surface area (TPSA) is 81.6 Å². The molecular weight excluding hydrogens is 368 g/mol. The van der Waals surface area contributed by atoms with Crippen LogP contribution in [0, 0.1) is 11.3 Å². The number of para-hydroxylation sites is 2. The Bertz CT molecular complexity index is 1140. The Morgan fingerprint density at radius 2 is 1.89 bits per heavy atom. The van der Waals surface area contributed by atoms with Gasteiger partial charge in [0.1, 0.15) is 0 Å². The van der Waals surface area contributed by atoms with Gasteiger partial charge < -0.3 is 10.3 Å². The zero-order valence-electron chi connectivity index (χ0n) is 14.8. The Morgan fingerprint density at radius 3 is 2.68 bits per heavy atom. The van der Waals surface area contributed by atoms with Crippen LogP contribution < -0.4 is 5.32 Å². The second kappa shape index (κ2) is 7.99. The maximum atomic E-state index is 12.4. The number of anilines is 1. The minimum atomic E-state index is -0.202. The molecule has 4 rings (SSSR count). The third-order valence-corrected chi connectivity index (χ3v) is 5.15. The second-order valence-corrected chi connectivity index (χ2v) is 7.16. The van der Waals surface area contributed by atoms with Gasteiger partial charge in [0.2, 0.25) is 0 Å². The first-order valence-corrected chi connectivity index (χ1v) is 9.68. The number of hydrogen-bond acceptors (Lipinski definition) is 4. The fourth-order valence-corrected chi connectivity index (χ4v) is 3.61. The molecule has 28 heavy (non-hydrogen) atoms. The molecule has 0 fully saturated rings. The zero-order valence-corrected chi connectivity index (χ0v) is 15.7. The Kier molecular flexibility index (Phi) is 5.09. The molecule has 1 heterocycles. The number of benzene rings is 3. The first kappa shape index (κ1) is 17.8. The average molecular weight is 384 g/mol. The smallest absolute Gasteiger partial charge is 0.255 e. The summed E-state index contributed by atoms with van der Waals surface area (Å²) in [6.45, 7) is 0. The number of nitriles is 1. The predicted octanol–water partition coefficient (Wildman–Crippen LogP) is 4.98. The minimum absolute atomic E-state index is 0.202. The van der Waals surface area contributed by atoms with Crippen molar-refractivity contribution in [2.45, 2.75) is 10.9 Å². The van der Waals surface area contributed by atoms with E-state index in [1.165, 1.54) is 0 Å². The maximum Gasteiger partial charge on any atom is 0.255 e. The van der Waals surface area contributed by atoms with Crippen molar-refractivity contribution in [3.05, 3.63) is 89.5 Å². The number of nitrogens with one attached hydrogen (secondary N) is 2. The number of fused-ring (bicyclic) bond motifs is 1. The Hall–Kier alpha value is -3.56. The van der Waals surface area contributed by atoms with Crippen molar-refractivity contribution in [2.24, 2.45) is 0 Å². The van der Waals surface area contributed by atoms with Gasteiger partial charge in [-0.15, -0.1) is 0 Å². The number of hydrogen-bond donors (Lipinski definition) is 2. The van der Waals surface area contributed by atoms with Crippen LogP contribution in [0.4, 0.5) is 5.69 Å². The lowest BCUT2D eigenvalue weighted by atomic mass is 10.1. The quantitative estimate of drug-likeness (QED) is 0.476. The minimum Gasteiger partial charge on any atom is -0.333 e. The number of rotatable bonds is 5. The van der Waals surface area contributed by atoms with Gasteiger partial charge in [-0.3, -0.25) is 4.79 Å². The lowest BCUT2D eigenvalue weighted by Gasteiger charge is -2.06. The molecular formula is C22H16N4OS. The standard InChI is InChI=1S/C22H16N4OS/c23-13-16-4-3-5-18(12-16)24-21(27)17-10-8-15(9-11-17)14-28-22-25-19-6-1-2-7-20(19)26-22/h1-12H,14H2,(H,24,27)(H,25,26). The van der Waals surface area contributed by atoms with Gasteiger partial charge in [0.15, 0.2) is 5.16 Å². The van der Waals surface area contributed by atoms with Gasteiger partial charge >= 0.3 is 0 Å². The highest BCUT2D eigenvalue weighted by Crippen LogP contribution is 2.23. The monoisotopic (exact) mass is 384 g/mol. The van der Waals surface area contributed by atoms with Crippen molar-refractivity contribution >= 4 is 34.4 Å². The molecule has 3 aromatic carbocycles. The molecule has 0 unspecified atom stereocenters. The molecule has 136 valence electrons. The van der Waals surface area contributed by atoms with Gasteiger partial charge in [-0.2, -0.15) is 5.26 Å². The number of carbonyl (C=O) groups excluding carboxylic acids is 1. The second-order valence-electron chi connectivity index (χ2n) is 6.19. The number of carbonyl (C=O) groups is 1. The Morgan fingerprint density at radius 1 is 1.07 bits per heavy atom. The van der Waals surface area contributed by atoms with E-state index in [4.69, 9.17) is 5.26 Å². The van der Waals surface area contributed by atoms with E-state index in [0.29, 0.717) is 16.8 Å². The Balaban J connectivity index is 1.39. The molecule has 1 amide bonds. The molecule has 0 bridgehead atoms. The molecule has 2 N–H and O–H groups in total. The van der Waals surface area contributed by atoms with Crippen molar-refractivity contribution < 1.29 is 4.79 Å². The van der Waals surface area contributed by atoms with Gasteiger partial charge in [-0.05, 0) is 48.0 Å². The lowest BCUT2D eigenvalue weighted by molar-refractivity contribution is 0.102. The van der Waals surface area contributed by atoms with Crippen molar-refractivity contribution in [2.75, 3.05) is 5.32 Å². The summed E-state index contributed by atoms with van der Waals surface area (Å²) < 4.78 is 0. The van der Waals surface area contributed by atoms with Crippen LogP contribution in [0.2, 0.25) is 0 Å². The molecule has 6 heteroatoms. The third kappa shape index (κ3) is 4.05. The lowest BCUT2D eigenvalue weighted by Crippen LogP contribution is -2.11. The van der Waals surface area contributed by atoms with Crippen LogP contribution in [0.15, 0.2) is 78.0 Å². The van der Waals surface area contributed by atoms with E-state index < -0.39 is 0 Å². The summed E-state index contributed by atoms with van der Waals surface area (Å²) in [7, 11) is 0. The molecule has 0 saturated heterocycles. The molecule has 0 atom stereocenters. The summed E-state index contributed by atoms with van der Waals surface area (Å²) in [6.07, 6.45) is 0. The van der Waals surface area contributed by atoms with E-state index in [1.54, 1.807) is 48.2 Å². The van der Waals surface area contributed by atoms with E-state index >= 15 is 0 Å². The maximum absolute atomic E-state index is 12.4. The molecule has 5 nitrogen and oxygen atoms in total. The highest BCUT2D eigenvalue weighted by molar-refractivity contribution is 7.98. The van der Waals surface area contributed by atoms with Crippen LogP contribution in [-0.4, -0.2) is 15.9 Å². The van der Waals surface area contributed by atoms with E-state index in [9.17, 15) is 4.79 Å². The van der Waals surface area contributed by atoms with Crippen LogP contribution in [0.3, 0.4) is 0 Å². The molecule has 0 aliphatic heterocycles. The summed E-state index contributed by atoms with van der Waals surface area (Å²) in [6, 6.07) is 24.3. The molecule has 1 aromatic heterocycles. The van der Waals surface area contributed by atoms with E-state index in [-0.39, 0.29) is 5.91 Å². The molecule has 0 saturated carbocycles. The number of imidazole rings is 1. The van der Waals surface area contributed by atoms with Gasteiger partial charge in [0.05, 0.1) is 22.7 Å². The fourth-order valence-electron chi connectivity index (χ4n) is 2.77. The highest BCUT2D eigenvalue weighted by atomic mass is 32.2. The summed E-state index contributed by atoms with van der Waals surface area (Å²) in [5, 5.41) is 12.6. The number of thioether (sulfide) groups is 1. The summed E-state index contributed by atoms with van der Waals surface area (Å²) in [4.78, 5) is 20.2. The first-order chi connectivity index (χ1) is 13.7. The number of amides is 1. The zero-order chi connectivity index (χ0) is 19.3. The van der Waals surface area contributed by atoms with Crippen molar-refractivity contribution in [1.29, 1.82) is 5.26 Å². The highest BCUT2D eigenvalue weighted by Gasteiger charge is 2.08. The van der Waals surface area contributed by atoms with Crippen LogP contribution in [0.5, 0.6) is 0 Å². The van der Waals surface area contributed by atoms with Crippen molar-refractivity contribution in [3.8, 4) is 6.07 Å². The number of aromatic amines is 1. The first-order valence-electron chi connectivity index (χ1n) is 8.69. The normalized spacial score (nSPS) is 10.5. The van der Waals surface area contributed by atoms with Crippen LogP contribution in [0.25, 0.3) is 11.0 Å². The van der Waals surface area contributed by atoms with E-state index in [2.05, 4.69) is 21.4 Å². The van der Waals surface area contributed by atoms with Gasteiger partial charge in [0.25, 0.3) is 5.91 Å². The molecule has 0 aliphatic rings. The van der Waals surface area contributed by atoms with E-state index in [0.717, 1.165) is 27.5 Å². The average Bonchev–Trinajstić information content (AvgIpc) is 3.16. The SMILES string of the molecule is N#Cc1cccc(NC(=O)c2ccc(CSc3nc4ccccc4[nH]3)cc2)c1. The summed E-state index contributed by atoms with van der Waals surface area (Å²) in [5.74, 6) is 0.554. The van der Waals surface area contributed by atoms with Gasteiger partial charge in [-0.25, -0.2) is 4.98 Å². The summed E-state index contributed by atoms with van der Waals surface area (Å²) >= 11 is 1.62. The number of aromatic nitrogens is 2. The predicted molar refractivity (Wildman–Crippen MR) is 111 cm³/mol. The third-order valence-electron chi connectivity index (χ3n) is 4.21. The largest absolute Gasteiger partial charge is 0.333 e. The fraction of sp³-hybridized carbons (Fsp3) is 0.0455. The summed E-state index contributed by atoms with van der Waals surface area (Å²) in [5.41, 5.74) is 4.77. The van der Waals surface area contributed by atoms with E-state index in [1.807, 2.05) is 36.4 Å². The molecule has 0 aliphatic carbocycles. The molecule has 0 radical (unpaired) electrons. The van der Waals surface area contributed by atoms with Gasteiger partial charge in [-0.1, -0.05) is 42.1 Å². The van der Waals surface area contributed by atoms with Crippen molar-refractivity contribution in [3.63, 3.8) is 0 Å². The van der Waals surface area contributed by atoms with Crippen LogP contribution in [0.1, 0.15) is 21.5 Å². The van der Waals surface area contributed by atoms with Crippen molar-refractivity contribution in [1.82, 2.24) is 9.97 Å². The Labute approximate surface area is 166 Å².